The number of hydrogen-bond acceptors (Lipinski definition) is 8. The van der Waals surface area contributed by atoms with Gasteiger partial charge >= 0.3 is 23.9 Å². The Morgan fingerprint density at radius 2 is 0.717 bits per heavy atom. The molecule has 2 unspecified atom stereocenters. The van der Waals surface area contributed by atoms with Crippen molar-refractivity contribution in [2.24, 2.45) is 0 Å². The first-order valence-electron chi connectivity index (χ1n) is 14.7. The zero-order chi connectivity index (χ0) is 31.5. The van der Waals surface area contributed by atoms with Crippen LogP contribution < -0.4 is 9.47 Å². The number of rotatable bonds is 2. The van der Waals surface area contributed by atoms with Crippen LogP contribution in [0.1, 0.15) is 88.7 Å². The Morgan fingerprint density at radius 1 is 0.391 bits per heavy atom. The average Bonchev–Trinajstić information content (AvgIpc) is 3.51. The highest BCUT2D eigenvalue weighted by Crippen LogP contribution is 2.59. The Labute approximate surface area is 262 Å². The molecule has 4 aliphatic heterocycles. The Balaban J connectivity index is 1.34. The fraction of sp³-hybridized carbons (Fsp3) is 0.105. The van der Waals surface area contributed by atoms with Gasteiger partial charge in [-0.3, -0.25) is 0 Å². The number of ether oxygens (including phenoxy) is 4. The van der Waals surface area contributed by atoms with Crippen LogP contribution in [-0.2, 0) is 20.3 Å². The molecule has 0 radical (unpaired) electrons. The summed E-state index contributed by atoms with van der Waals surface area (Å²) in [5, 5.41) is 0. The number of cyclic esters (lactones) is 4. The van der Waals surface area contributed by atoms with Crippen molar-refractivity contribution in [2.45, 2.75) is 24.7 Å². The van der Waals surface area contributed by atoms with E-state index in [4.69, 9.17) is 18.9 Å². The van der Waals surface area contributed by atoms with E-state index in [0.717, 1.165) is 22.3 Å². The third kappa shape index (κ3) is 3.27. The predicted molar refractivity (Wildman–Crippen MR) is 163 cm³/mol. The van der Waals surface area contributed by atoms with Crippen molar-refractivity contribution < 1.29 is 38.1 Å². The van der Waals surface area contributed by atoms with Crippen LogP contribution in [0.5, 0.6) is 23.0 Å². The van der Waals surface area contributed by atoms with Crippen molar-refractivity contribution in [3.8, 4) is 23.0 Å². The van der Waals surface area contributed by atoms with Crippen molar-refractivity contribution in [2.75, 3.05) is 0 Å². The second-order valence-electron chi connectivity index (χ2n) is 12.2. The van der Waals surface area contributed by atoms with E-state index in [2.05, 4.69) is 19.9 Å². The largest absolute Gasteiger partial charge is 0.457 e. The topological polar surface area (TPSA) is 105 Å². The molecule has 0 N–H and O–H groups in total. The van der Waals surface area contributed by atoms with Gasteiger partial charge in [0, 0.05) is 39.2 Å². The standard InChI is InChI=1S/C38H22O8/c1-37(19-9-5-3-6-10-19)25-13-21-23(35(41)45-33(21)39)15-29(25)43-31-18-32-28(17-27(31)37)38(2,20-11-7-4-8-12-20)26-14-22-24(16-30(26)44-32)36(42)46-34(22)40/h3-18H,1-2H3. The molecule has 2 atom stereocenters. The Morgan fingerprint density at radius 3 is 1.11 bits per heavy atom. The Hall–Kier alpha value is -6.02. The SMILES string of the molecule is CC1(c2ccccc2)c2cc3c(cc2Oc2cc4c(cc21)C(C)(c1ccccc1)c1cc2c(cc1O4)C(=O)OC2=O)C(=O)OC3=O. The number of fused-ring (bicyclic) bond motifs is 6. The molecule has 5 aromatic rings. The highest BCUT2D eigenvalue weighted by Gasteiger charge is 2.48. The molecule has 8 heteroatoms. The fourth-order valence-corrected chi connectivity index (χ4v) is 7.38. The van der Waals surface area contributed by atoms with Crippen molar-refractivity contribution >= 4 is 23.9 Å². The molecule has 4 heterocycles. The molecule has 5 aromatic carbocycles. The van der Waals surface area contributed by atoms with Gasteiger partial charge in [-0.15, -0.1) is 0 Å². The fourth-order valence-electron chi connectivity index (χ4n) is 7.38. The van der Waals surface area contributed by atoms with E-state index in [0.29, 0.717) is 34.1 Å². The smallest absolute Gasteiger partial charge is 0.347 e. The van der Waals surface area contributed by atoms with Crippen molar-refractivity contribution in [1.82, 2.24) is 0 Å². The van der Waals surface area contributed by atoms with Crippen molar-refractivity contribution in [3.05, 3.63) is 153 Å². The van der Waals surface area contributed by atoms with Crippen LogP contribution in [0, 0.1) is 0 Å². The first kappa shape index (κ1) is 26.4. The minimum atomic E-state index is -0.841. The lowest BCUT2D eigenvalue weighted by Crippen LogP contribution is -2.33. The maximum absolute atomic E-state index is 12.7. The number of benzene rings is 5. The summed E-state index contributed by atoms with van der Waals surface area (Å²) in [4.78, 5) is 50.4. The van der Waals surface area contributed by atoms with Crippen LogP contribution in [0.2, 0.25) is 0 Å². The lowest BCUT2D eigenvalue weighted by Gasteiger charge is -2.42. The maximum atomic E-state index is 12.7. The summed E-state index contributed by atoms with van der Waals surface area (Å²) in [5.74, 6) is -0.967. The van der Waals surface area contributed by atoms with E-state index in [1.807, 2.05) is 66.7 Å². The second-order valence-corrected chi connectivity index (χ2v) is 12.2. The molecule has 0 bridgehead atoms. The molecular weight excluding hydrogens is 584 g/mol. The predicted octanol–water partition coefficient (Wildman–Crippen LogP) is 7.23. The van der Waals surface area contributed by atoms with Crippen LogP contribution >= 0.6 is 0 Å². The zero-order valence-corrected chi connectivity index (χ0v) is 24.5. The van der Waals surface area contributed by atoms with Crippen molar-refractivity contribution in [3.63, 3.8) is 0 Å². The molecule has 0 amide bonds. The van der Waals surface area contributed by atoms with Gasteiger partial charge in [0.05, 0.1) is 22.3 Å². The van der Waals surface area contributed by atoms with E-state index in [-0.39, 0.29) is 22.3 Å². The third-order valence-corrected chi connectivity index (χ3v) is 9.87. The number of hydrogen-bond donors (Lipinski definition) is 0. The summed E-state index contributed by atoms with van der Waals surface area (Å²) < 4.78 is 22.9. The van der Waals surface area contributed by atoms with Gasteiger partial charge in [0.25, 0.3) is 0 Å². The third-order valence-electron chi connectivity index (χ3n) is 9.87. The first-order valence-corrected chi connectivity index (χ1v) is 14.7. The summed E-state index contributed by atoms with van der Waals surface area (Å²) >= 11 is 0. The first-order chi connectivity index (χ1) is 22.2. The van der Waals surface area contributed by atoms with Gasteiger partial charge in [-0.05, 0) is 55.3 Å². The monoisotopic (exact) mass is 606 g/mol. The number of carbonyl (C=O) groups excluding carboxylic acids is 4. The second kappa shape index (κ2) is 8.79. The lowest BCUT2D eigenvalue weighted by atomic mass is 9.64. The van der Waals surface area contributed by atoms with E-state index >= 15 is 0 Å². The van der Waals surface area contributed by atoms with Gasteiger partial charge in [-0.1, -0.05) is 60.7 Å². The molecule has 0 fully saturated rings. The molecule has 4 aliphatic rings. The zero-order valence-electron chi connectivity index (χ0n) is 24.5. The minimum absolute atomic E-state index is 0.151. The molecule has 9 rings (SSSR count). The summed E-state index contributed by atoms with van der Waals surface area (Å²) in [5.41, 5.74) is 3.92. The van der Waals surface area contributed by atoms with E-state index < -0.39 is 34.7 Å². The molecule has 0 aromatic heterocycles. The van der Waals surface area contributed by atoms with Crippen LogP contribution in [0.4, 0.5) is 0 Å². The highest BCUT2D eigenvalue weighted by molar-refractivity contribution is 6.16. The lowest BCUT2D eigenvalue weighted by molar-refractivity contribution is 0.0425. The van der Waals surface area contributed by atoms with Crippen LogP contribution in [0.15, 0.2) is 97.1 Å². The molecule has 46 heavy (non-hydrogen) atoms. The molecule has 222 valence electrons. The average molecular weight is 607 g/mol. The molecule has 0 saturated heterocycles. The van der Waals surface area contributed by atoms with E-state index in [9.17, 15) is 19.2 Å². The molecule has 0 spiro atoms. The van der Waals surface area contributed by atoms with Crippen LogP contribution in [0.25, 0.3) is 0 Å². The van der Waals surface area contributed by atoms with Gasteiger partial charge in [0.2, 0.25) is 0 Å². The summed E-state index contributed by atoms with van der Waals surface area (Å²) in [6.45, 7) is 4.13. The van der Waals surface area contributed by atoms with Gasteiger partial charge < -0.3 is 18.9 Å². The van der Waals surface area contributed by atoms with E-state index in [1.54, 1.807) is 24.3 Å². The molecule has 0 aliphatic carbocycles. The number of esters is 4. The molecular formula is C38H22O8. The van der Waals surface area contributed by atoms with Gasteiger partial charge in [0.15, 0.2) is 0 Å². The molecule has 8 nitrogen and oxygen atoms in total. The quantitative estimate of drug-likeness (QED) is 0.153. The Kier molecular flexibility index (Phi) is 5.04. The van der Waals surface area contributed by atoms with Gasteiger partial charge in [-0.2, -0.15) is 0 Å². The number of carbonyl (C=O) groups is 4. The highest BCUT2D eigenvalue weighted by atomic mass is 16.6. The summed E-state index contributed by atoms with van der Waals surface area (Å²) in [6.07, 6.45) is 0. The minimum Gasteiger partial charge on any atom is -0.457 e. The molecule has 0 saturated carbocycles. The van der Waals surface area contributed by atoms with Crippen LogP contribution in [-0.4, -0.2) is 23.9 Å². The maximum Gasteiger partial charge on any atom is 0.347 e. The van der Waals surface area contributed by atoms with Crippen molar-refractivity contribution in [1.29, 1.82) is 0 Å². The summed E-state index contributed by atoms with van der Waals surface area (Å²) in [6, 6.07) is 30.2. The van der Waals surface area contributed by atoms with Crippen LogP contribution in [0.3, 0.4) is 0 Å². The van der Waals surface area contributed by atoms with Gasteiger partial charge in [-0.25, -0.2) is 19.2 Å². The van der Waals surface area contributed by atoms with Gasteiger partial charge in [0.1, 0.15) is 23.0 Å². The normalized spacial score (nSPS) is 21.4. The Bertz CT molecular complexity index is 2100. The van der Waals surface area contributed by atoms with E-state index in [1.165, 1.54) is 0 Å². The summed E-state index contributed by atoms with van der Waals surface area (Å²) in [7, 11) is 0.